The molecule has 0 atom stereocenters. The van der Waals surface area contributed by atoms with Gasteiger partial charge in [0.1, 0.15) is 0 Å². The van der Waals surface area contributed by atoms with Gasteiger partial charge < -0.3 is 15.5 Å². The molecule has 8 heteroatoms. The number of urea groups is 2. The van der Waals surface area contributed by atoms with E-state index >= 15 is 0 Å². The van der Waals surface area contributed by atoms with Crippen LogP contribution >= 0.6 is 0 Å². The first kappa shape index (κ1) is 19.0. The van der Waals surface area contributed by atoms with Gasteiger partial charge in [-0.15, -0.1) is 0 Å². The van der Waals surface area contributed by atoms with Gasteiger partial charge in [0.25, 0.3) is 0 Å². The van der Waals surface area contributed by atoms with Crippen LogP contribution in [0, 0.1) is 0 Å². The molecule has 1 aromatic carbocycles. The van der Waals surface area contributed by atoms with E-state index in [1.54, 1.807) is 31.3 Å². The third kappa shape index (κ3) is 5.30. The van der Waals surface area contributed by atoms with Crippen LogP contribution in [0.5, 0.6) is 0 Å². The van der Waals surface area contributed by atoms with Crippen molar-refractivity contribution in [2.24, 2.45) is 0 Å². The lowest BCUT2D eigenvalue weighted by Crippen LogP contribution is -2.37. The number of carbonyl (C=O) groups is 2. The molecule has 1 aliphatic rings. The highest BCUT2D eigenvalue weighted by molar-refractivity contribution is 5.94. The van der Waals surface area contributed by atoms with Gasteiger partial charge in [0, 0.05) is 50.9 Å². The highest BCUT2D eigenvalue weighted by Gasteiger charge is 2.33. The van der Waals surface area contributed by atoms with E-state index in [2.05, 4.69) is 10.6 Å². The predicted octanol–water partition coefficient (Wildman–Crippen LogP) is 3.51. The fourth-order valence-corrected chi connectivity index (χ4v) is 2.65. The Bertz CT molecular complexity index is 624. The average molecular weight is 354 g/mol. The second-order valence-corrected chi connectivity index (χ2v) is 6.07. The van der Waals surface area contributed by atoms with Crippen LogP contribution in [0.1, 0.15) is 26.2 Å². The van der Waals surface area contributed by atoms with E-state index in [4.69, 9.17) is 0 Å². The summed E-state index contributed by atoms with van der Waals surface area (Å²) in [5.74, 6) is -2.70. The number of nitrogens with zero attached hydrogens (tertiary/aromatic N) is 2. The van der Waals surface area contributed by atoms with Crippen molar-refractivity contribution in [1.29, 1.82) is 0 Å². The molecule has 0 bridgehead atoms. The Morgan fingerprint density at radius 1 is 1.28 bits per heavy atom. The molecule has 2 rings (SSSR count). The van der Waals surface area contributed by atoms with Crippen molar-refractivity contribution in [1.82, 2.24) is 10.2 Å². The second-order valence-electron chi connectivity index (χ2n) is 6.07. The fraction of sp³-hybridized carbons (Fsp3) is 0.529. The van der Waals surface area contributed by atoms with Gasteiger partial charge in [-0.2, -0.15) is 0 Å². The van der Waals surface area contributed by atoms with Crippen LogP contribution in [0.4, 0.5) is 29.7 Å². The van der Waals surface area contributed by atoms with Crippen molar-refractivity contribution >= 4 is 23.4 Å². The fourth-order valence-electron chi connectivity index (χ4n) is 2.65. The number of alkyl halides is 2. The van der Waals surface area contributed by atoms with E-state index in [-0.39, 0.29) is 31.8 Å². The molecule has 1 fully saturated rings. The number of nitrogens with one attached hydrogen (secondary N) is 2. The molecule has 1 aromatic rings. The molecule has 0 aliphatic carbocycles. The minimum Gasteiger partial charge on any atom is -0.338 e. The number of hydrogen-bond acceptors (Lipinski definition) is 2. The van der Waals surface area contributed by atoms with Crippen LogP contribution in [-0.4, -0.2) is 49.6 Å². The Morgan fingerprint density at radius 3 is 2.76 bits per heavy atom. The maximum absolute atomic E-state index is 13.4. The van der Waals surface area contributed by atoms with Gasteiger partial charge in [-0.05, 0) is 31.5 Å². The molecule has 0 saturated carbocycles. The summed E-state index contributed by atoms with van der Waals surface area (Å²) >= 11 is 0. The lowest BCUT2D eigenvalue weighted by atomic mass is 10.1. The predicted molar refractivity (Wildman–Crippen MR) is 93.3 cm³/mol. The third-order valence-corrected chi connectivity index (χ3v) is 4.12. The molecule has 4 amide bonds. The van der Waals surface area contributed by atoms with Gasteiger partial charge in [-0.3, -0.25) is 4.90 Å². The average Bonchev–Trinajstić information content (AvgIpc) is 2.75. The van der Waals surface area contributed by atoms with Crippen molar-refractivity contribution in [2.75, 3.05) is 36.9 Å². The first-order valence-corrected chi connectivity index (χ1v) is 8.38. The summed E-state index contributed by atoms with van der Waals surface area (Å²) in [5.41, 5.74) is 1.13. The summed E-state index contributed by atoms with van der Waals surface area (Å²) in [6.45, 7) is 2.67. The van der Waals surface area contributed by atoms with Gasteiger partial charge in [0.15, 0.2) is 0 Å². The highest BCUT2D eigenvalue weighted by Crippen LogP contribution is 2.28. The number of hydrogen-bond donors (Lipinski definition) is 2. The van der Waals surface area contributed by atoms with Crippen molar-refractivity contribution in [3.63, 3.8) is 0 Å². The molecule has 0 spiro atoms. The number of benzene rings is 1. The summed E-state index contributed by atoms with van der Waals surface area (Å²) < 4.78 is 26.8. The van der Waals surface area contributed by atoms with Gasteiger partial charge in [0.2, 0.25) is 5.92 Å². The Balaban J connectivity index is 2.01. The summed E-state index contributed by atoms with van der Waals surface area (Å²) in [6.07, 6.45) is -0.232. The molecule has 0 aromatic heterocycles. The molecule has 1 heterocycles. The smallest absolute Gasteiger partial charge is 0.321 e. The van der Waals surface area contributed by atoms with Crippen LogP contribution in [0.3, 0.4) is 0 Å². The van der Waals surface area contributed by atoms with Crippen molar-refractivity contribution in [2.45, 2.75) is 32.1 Å². The zero-order valence-corrected chi connectivity index (χ0v) is 14.5. The van der Waals surface area contributed by atoms with E-state index in [0.29, 0.717) is 24.5 Å². The van der Waals surface area contributed by atoms with E-state index in [1.807, 2.05) is 6.92 Å². The summed E-state index contributed by atoms with van der Waals surface area (Å²) in [6, 6.07) is 6.17. The third-order valence-electron chi connectivity index (χ3n) is 4.12. The highest BCUT2D eigenvalue weighted by atomic mass is 19.3. The van der Waals surface area contributed by atoms with Crippen LogP contribution in [0.15, 0.2) is 24.3 Å². The standard InChI is InChI=1S/C17H24F2N4O2/c1-3-20-15(24)22(2)14-7-4-6-13(12-14)21-16(25)23-10-5-8-17(18,19)9-11-23/h4,6-7,12H,3,5,8-11H2,1-2H3,(H,20,24)(H,21,25). The number of halogens is 2. The minimum atomic E-state index is -2.70. The number of carbonyl (C=O) groups excluding carboxylic acids is 2. The Morgan fingerprint density at radius 2 is 2.04 bits per heavy atom. The SMILES string of the molecule is CCNC(=O)N(C)c1cccc(NC(=O)N2CCCC(F)(F)CC2)c1. The molecule has 2 N–H and O–H groups in total. The molecule has 0 radical (unpaired) electrons. The largest absolute Gasteiger partial charge is 0.338 e. The molecular weight excluding hydrogens is 330 g/mol. The van der Waals surface area contributed by atoms with Crippen molar-refractivity contribution in [3.8, 4) is 0 Å². The number of rotatable bonds is 3. The van der Waals surface area contributed by atoms with Gasteiger partial charge >= 0.3 is 12.1 Å². The molecule has 25 heavy (non-hydrogen) atoms. The van der Waals surface area contributed by atoms with Crippen LogP contribution in [-0.2, 0) is 0 Å². The number of anilines is 2. The van der Waals surface area contributed by atoms with Crippen molar-refractivity contribution < 1.29 is 18.4 Å². The van der Waals surface area contributed by atoms with E-state index in [1.165, 1.54) is 9.80 Å². The Kier molecular flexibility index (Phi) is 6.17. The maximum atomic E-state index is 13.4. The van der Waals surface area contributed by atoms with Crippen LogP contribution < -0.4 is 15.5 Å². The van der Waals surface area contributed by atoms with Gasteiger partial charge in [-0.25, -0.2) is 18.4 Å². The summed E-state index contributed by atoms with van der Waals surface area (Å²) in [5, 5.41) is 5.41. The van der Waals surface area contributed by atoms with Crippen LogP contribution in [0.25, 0.3) is 0 Å². The van der Waals surface area contributed by atoms with Crippen molar-refractivity contribution in [3.05, 3.63) is 24.3 Å². The Hall–Kier alpha value is -2.38. The number of likely N-dealkylation sites (tertiary alicyclic amines) is 1. The topological polar surface area (TPSA) is 64.7 Å². The molecule has 0 unspecified atom stereocenters. The second kappa shape index (κ2) is 8.13. The maximum Gasteiger partial charge on any atom is 0.321 e. The van der Waals surface area contributed by atoms with E-state index in [9.17, 15) is 18.4 Å². The lowest BCUT2D eigenvalue weighted by molar-refractivity contribution is -0.0121. The quantitative estimate of drug-likeness (QED) is 0.872. The summed E-state index contributed by atoms with van der Waals surface area (Å²) in [7, 11) is 1.63. The molecule has 6 nitrogen and oxygen atoms in total. The molecule has 1 aliphatic heterocycles. The first-order chi connectivity index (χ1) is 11.8. The minimum absolute atomic E-state index is 0.0251. The van der Waals surface area contributed by atoms with E-state index < -0.39 is 12.0 Å². The molecule has 1 saturated heterocycles. The zero-order valence-electron chi connectivity index (χ0n) is 14.5. The monoisotopic (exact) mass is 354 g/mol. The van der Waals surface area contributed by atoms with Gasteiger partial charge in [0.05, 0.1) is 0 Å². The molecule has 138 valence electrons. The Labute approximate surface area is 146 Å². The van der Waals surface area contributed by atoms with Gasteiger partial charge in [-0.1, -0.05) is 6.07 Å². The zero-order chi connectivity index (χ0) is 18.4. The normalized spacial score (nSPS) is 16.7. The molecular formula is C17H24F2N4O2. The lowest BCUT2D eigenvalue weighted by Gasteiger charge is -2.22. The van der Waals surface area contributed by atoms with Crippen LogP contribution in [0.2, 0.25) is 0 Å². The first-order valence-electron chi connectivity index (χ1n) is 8.38. The number of amides is 4. The summed E-state index contributed by atoms with van der Waals surface area (Å²) in [4.78, 5) is 27.0. The van der Waals surface area contributed by atoms with E-state index in [0.717, 1.165) is 0 Å².